The molecule has 1 amide bonds. The molecule has 0 saturated heterocycles. The minimum atomic E-state index is -0.649. The number of carbonyl (C=O) groups excluding carboxylic acids is 1. The summed E-state index contributed by atoms with van der Waals surface area (Å²) >= 11 is 11.9. The second-order valence-electron chi connectivity index (χ2n) is 7.07. The normalized spacial score (nSPS) is 17.5. The number of aromatic nitrogens is 2. The van der Waals surface area contributed by atoms with E-state index in [2.05, 4.69) is 10.3 Å². The second kappa shape index (κ2) is 7.39. The average molecular weight is 424 g/mol. The Hall–Kier alpha value is -2.09. The monoisotopic (exact) mass is 423 g/mol. The number of benzene rings is 1. The number of rotatable bonds is 3. The molecule has 1 spiro atoms. The van der Waals surface area contributed by atoms with E-state index >= 15 is 0 Å². The van der Waals surface area contributed by atoms with Gasteiger partial charge >= 0.3 is 0 Å². The minimum absolute atomic E-state index is 0.150. The molecular weight excluding hydrogens is 405 g/mol. The fourth-order valence-electron chi connectivity index (χ4n) is 3.88. The van der Waals surface area contributed by atoms with Gasteiger partial charge in [-0.2, -0.15) is 0 Å². The summed E-state index contributed by atoms with van der Waals surface area (Å²) in [5.74, 6) is -0.855. The van der Waals surface area contributed by atoms with Crippen LogP contribution in [0.2, 0.25) is 10.0 Å². The number of amides is 1. The highest BCUT2D eigenvalue weighted by atomic mass is 35.5. The molecule has 1 aromatic heterocycles. The summed E-state index contributed by atoms with van der Waals surface area (Å²) in [4.78, 5) is 29.7. The molecule has 7 nitrogen and oxygen atoms in total. The van der Waals surface area contributed by atoms with Crippen LogP contribution in [0.15, 0.2) is 23.0 Å². The Labute approximate surface area is 171 Å². The topological polar surface area (TPSA) is 93.5 Å². The van der Waals surface area contributed by atoms with E-state index in [0.717, 1.165) is 31.2 Å². The van der Waals surface area contributed by atoms with Gasteiger partial charge in [-0.25, -0.2) is 4.98 Å². The number of halogens is 2. The molecule has 2 aromatic rings. The summed E-state index contributed by atoms with van der Waals surface area (Å²) in [7, 11) is 0. The van der Waals surface area contributed by atoms with Crippen LogP contribution in [-0.4, -0.2) is 27.2 Å². The van der Waals surface area contributed by atoms with Crippen molar-refractivity contribution >= 4 is 29.1 Å². The first-order valence-electron chi connectivity index (χ1n) is 9.12. The predicted molar refractivity (Wildman–Crippen MR) is 104 cm³/mol. The second-order valence-corrected chi connectivity index (χ2v) is 7.88. The first-order chi connectivity index (χ1) is 13.4. The van der Waals surface area contributed by atoms with Crippen LogP contribution in [0.1, 0.15) is 47.6 Å². The molecule has 0 radical (unpaired) electrons. The molecule has 1 fully saturated rings. The van der Waals surface area contributed by atoms with E-state index in [1.807, 2.05) is 0 Å². The first-order valence-corrected chi connectivity index (χ1v) is 9.87. The van der Waals surface area contributed by atoms with Crippen LogP contribution in [0.5, 0.6) is 5.75 Å². The number of fused-ring (bicyclic) bond motifs is 2. The zero-order valence-electron chi connectivity index (χ0n) is 15.0. The number of ether oxygens (including phenoxy) is 1. The van der Waals surface area contributed by atoms with E-state index in [0.29, 0.717) is 29.0 Å². The van der Waals surface area contributed by atoms with Crippen molar-refractivity contribution in [3.05, 3.63) is 55.7 Å². The molecule has 2 aliphatic rings. The maximum Gasteiger partial charge on any atom is 0.296 e. The number of aromatic hydroxyl groups is 1. The maximum atomic E-state index is 12.7. The van der Waals surface area contributed by atoms with Gasteiger partial charge in [0.2, 0.25) is 5.75 Å². The molecule has 9 heteroatoms. The summed E-state index contributed by atoms with van der Waals surface area (Å²) < 4.78 is 7.40. The highest BCUT2D eigenvalue weighted by Crippen LogP contribution is 2.42. The lowest BCUT2D eigenvalue weighted by molar-refractivity contribution is -0.0789. The van der Waals surface area contributed by atoms with Crippen molar-refractivity contribution in [3.63, 3.8) is 0 Å². The number of carbonyl (C=O) groups is 1. The highest BCUT2D eigenvalue weighted by molar-refractivity contribution is 6.42. The van der Waals surface area contributed by atoms with Gasteiger partial charge in [-0.15, -0.1) is 0 Å². The Kier molecular flexibility index (Phi) is 5.07. The van der Waals surface area contributed by atoms with Gasteiger partial charge in [0.1, 0.15) is 11.4 Å². The van der Waals surface area contributed by atoms with Crippen LogP contribution >= 0.6 is 23.2 Å². The van der Waals surface area contributed by atoms with Crippen LogP contribution in [-0.2, 0) is 23.4 Å². The average Bonchev–Trinajstić information content (AvgIpc) is 3.15. The van der Waals surface area contributed by atoms with E-state index in [1.54, 1.807) is 18.2 Å². The molecule has 1 aliphatic heterocycles. The van der Waals surface area contributed by atoms with Gasteiger partial charge in [0, 0.05) is 6.54 Å². The van der Waals surface area contributed by atoms with Crippen molar-refractivity contribution in [2.24, 2.45) is 0 Å². The molecular formula is C19H19Cl2N3O4. The van der Waals surface area contributed by atoms with E-state index in [1.165, 1.54) is 4.57 Å². The number of hydrogen-bond acceptors (Lipinski definition) is 5. The molecule has 0 bridgehead atoms. The summed E-state index contributed by atoms with van der Waals surface area (Å²) in [6.45, 7) is 0.843. The van der Waals surface area contributed by atoms with Gasteiger partial charge in [-0.3, -0.25) is 14.2 Å². The maximum absolute atomic E-state index is 12.7. The van der Waals surface area contributed by atoms with Crippen molar-refractivity contribution < 1.29 is 14.6 Å². The molecule has 1 saturated carbocycles. The van der Waals surface area contributed by atoms with E-state index in [9.17, 15) is 14.7 Å². The van der Waals surface area contributed by atoms with Crippen LogP contribution < -0.4 is 10.9 Å². The molecule has 2 N–H and O–H groups in total. The van der Waals surface area contributed by atoms with Gasteiger partial charge in [-0.05, 0) is 43.4 Å². The van der Waals surface area contributed by atoms with Crippen molar-refractivity contribution in [2.45, 2.75) is 44.4 Å². The van der Waals surface area contributed by atoms with Gasteiger partial charge in [0.15, 0.2) is 5.69 Å². The number of nitrogens with zero attached hydrogens (tertiary/aromatic N) is 2. The lowest BCUT2D eigenvalue weighted by Crippen LogP contribution is -2.44. The Morgan fingerprint density at radius 2 is 2.04 bits per heavy atom. The highest BCUT2D eigenvalue weighted by Gasteiger charge is 2.44. The number of nitrogens with one attached hydrogen (secondary N) is 1. The van der Waals surface area contributed by atoms with Gasteiger partial charge < -0.3 is 15.2 Å². The van der Waals surface area contributed by atoms with Crippen molar-refractivity contribution in [2.75, 3.05) is 6.61 Å². The van der Waals surface area contributed by atoms with E-state index < -0.39 is 22.8 Å². The third-order valence-electron chi connectivity index (χ3n) is 5.31. The first kappa shape index (κ1) is 19.2. The SMILES string of the molecule is O=C(NCc1ccc(Cl)c(Cl)c1)c1nc2n(c(=O)c1O)CCOC21CCCC1. The molecule has 2 heterocycles. The third-order valence-corrected chi connectivity index (χ3v) is 6.05. The Morgan fingerprint density at radius 1 is 1.29 bits per heavy atom. The molecule has 28 heavy (non-hydrogen) atoms. The summed E-state index contributed by atoms with van der Waals surface area (Å²) in [5.41, 5.74) is -0.816. The Balaban J connectivity index is 1.64. The minimum Gasteiger partial charge on any atom is -0.501 e. The Morgan fingerprint density at radius 3 is 2.75 bits per heavy atom. The largest absolute Gasteiger partial charge is 0.501 e. The van der Waals surface area contributed by atoms with Crippen molar-refractivity contribution in [1.82, 2.24) is 14.9 Å². The van der Waals surface area contributed by atoms with Crippen LogP contribution in [0.3, 0.4) is 0 Å². The fourth-order valence-corrected chi connectivity index (χ4v) is 4.21. The molecule has 148 valence electrons. The molecule has 4 rings (SSSR count). The van der Waals surface area contributed by atoms with Crippen molar-refractivity contribution in [3.8, 4) is 5.75 Å². The fraction of sp³-hybridized carbons (Fsp3) is 0.421. The number of hydrogen-bond donors (Lipinski definition) is 2. The quantitative estimate of drug-likeness (QED) is 0.791. The predicted octanol–water partition coefficient (Wildman–Crippen LogP) is 2.99. The zero-order chi connectivity index (χ0) is 19.9. The molecule has 0 atom stereocenters. The lowest BCUT2D eigenvalue weighted by Gasteiger charge is -2.35. The van der Waals surface area contributed by atoms with Crippen LogP contribution in [0, 0.1) is 0 Å². The van der Waals surface area contributed by atoms with Gasteiger partial charge in [0.05, 0.1) is 23.2 Å². The van der Waals surface area contributed by atoms with Crippen LogP contribution in [0.25, 0.3) is 0 Å². The van der Waals surface area contributed by atoms with Gasteiger partial charge in [0.25, 0.3) is 11.5 Å². The third kappa shape index (κ3) is 3.27. The van der Waals surface area contributed by atoms with Gasteiger partial charge in [-0.1, -0.05) is 29.3 Å². The standard InChI is InChI=1S/C19H19Cl2N3O4/c20-12-4-3-11(9-13(12)21)10-22-16(26)14-15(25)17(27)24-7-8-28-19(18(24)23-14)5-1-2-6-19/h3-4,9,25H,1-2,5-8,10H2,(H,22,26). The summed E-state index contributed by atoms with van der Waals surface area (Å²) in [6, 6.07) is 5.00. The summed E-state index contributed by atoms with van der Waals surface area (Å²) in [5, 5.41) is 13.8. The Bertz CT molecular complexity index is 999. The van der Waals surface area contributed by atoms with Crippen LogP contribution in [0.4, 0.5) is 0 Å². The lowest BCUT2D eigenvalue weighted by atomic mass is 9.99. The van der Waals surface area contributed by atoms with E-state index in [4.69, 9.17) is 27.9 Å². The molecule has 1 aromatic carbocycles. The summed E-state index contributed by atoms with van der Waals surface area (Å²) in [6.07, 6.45) is 3.42. The zero-order valence-corrected chi connectivity index (χ0v) is 16.5. The smallest absolute Gasteiger partial charge is 0.296 e. The molecule has 1 aliphatic carbocycles. The van der Waals surface area contributed by atoms with E-state index in [-0.39, 0.29) is 12.2 Å². The molecule has 0 unspecified atom stereocenters. The van der Waals surface area contributed by atoms with Crippen molar-refractivity contribution in [1.29, 1.82) is 0 Å².